The molecule has 0 radical (unpaired) electrons. The van der Waals surface area contributed by atoms with Crippen LogP contribution in [0.3, 0.4) is 0 Å². The molecule has 20 heavy (non-hydrogen) atoms. The van der Waals surface area contributed by atoms with Gasteiger partial charge in [0.25, 0.3) is 5.69 Å². The number of carbonyl (C=O) groups is 1. The van der Waals surface area contributed by atoms with Gasteiger partial charge in [0.1, 0.15) is 0 Å². The van der Waals surface area contributed by atoms with Gasteiger partial charge in [-0.05, 0) is 0 Å². The van der Waals surface area contributed by atoms with Crippen LogP contribution in [0.2, 0.25) is 0 Å². The molecule has 0 amide bonds. The summed E-state index contributed by atoms with van der Waals surface area (Å²) in [6.07, 6.45) is -0.182. The predicted molar refractivity (Wildman–Crippen MR) is 72.9 cm³/mol. The van der Waals surface area contributed by atoms with Gasteiger partial charge in [-0.25, -0.2) is 0 Å². The Labute approximate surface area is 116 Å². The molecule has 0 aliphatic rings. The highest BCUT2D eigenvalue weighted by Gasteiger charge is 2.13. The Kier molecular flexibility index (Phi) is 3.94. The molecule has 8 heteroatoms. The van der Waals surface area contributed by atoms with E-state index in [1.165, 1.54) is 22.8 Å². The fraction of sp³-hybridized carbons (Fsp3) is 0.167. The lowest BCUT2D eigenvalue weighted by Crippen LogP contribution is -2.16. The molecule has 0 spiro atoms. The fourth-order valence-corrected chi connectivity index (χ4v) is 2.55. The van der Waals surface area contributed by atoms with E-state index in [2.05, 4.69) is 0 Å². The first-order chi connectivity index (χ1) is 9.49. The summed E-state index contributed by atoms with van der Waals surface area (Å²) in [6.45, 7) is 0.0374. The van der Waals surface area contributed by atoms with E-state index < -0.39 is 10.9 Å². The average molecular weight is 294 g/mol. The molecule has 0 atom stereocenters. The number of hydrogen-bond acceptors (Lipinski definition) is 5. The number of non-ortho nitro benzene ring substituents is 1. The monoisotopic (exact) mass is 294 g/mol. The molecule has 0 saturated heterocycles. The van der Waals surface area contributed by atoms with Gasteiger partial charge in [-0.2, -0.15) is 0 Å². The highest BCUT2D eigenvalue weighted by atomic mass is 32.1. The Morgan fingerprint density at radius 1 is 1.45 bits per heavy atom. The number of nitro groups is 1. The molecule has 2 aromatic rings. The number of nitro benzene ring substituents is 1. The molecule has 1 heterocycles. The Morgan fingerprint density at radius 3 is 2.85 bits per heavy atom. The lowest BCUT2D eigenvalue weighted by molar-refractivity contribution is -0.384. The second-order valence-electron chi connectivity index (χ2n) is 3.99. The van der Waals surface area contributed by atoms with Gasteiger partial charge in [0.2, 0.25) is 0 Å². The highest BCUT2D eigenvalue weighted by Crippen LogP contribution is 2.24. The molecule has 0 saturated carbocycles. The SMILES string of the molecule is O=C(O)CCn1c(-c2cccc([N+](=O)[O-])c2)csc1=O. The molecule has 1 aromatic heterocycles. The van der Waals surface area contributed by atoms with Crippen LogP contribution >= 0.6 is 11.3 Å². The molecule has 7 nitrogen and oxygen atoms in total. The van der Waals surface area contributed by atoms with Crippen molar-refractivity contribution < 1.29 is 14.8 Å². The quantitative estimate of drug-likeness (QED) is 0.670. The van der Waals surface area contributed by atoms with Gasteiger partial charge in [0.15, 0.2) is 0 Å². The van der Waals surface area contributed by atoms with E-state index in [4.69, 9.17) is 5.11 Å². The first-order valence-corrected chi connectivity index (χ1v) is 6.52. The van der Waals surface area contributed by atoms with E-state index in [0.29, 0.717) is 11.3 Å². The van der Waals surface area contributed by atoms with E-state index in [1.54, 1.807) is 11.4 Å². The van der Waals surface area contributed by atoms with E-state index in [-0.39, 0.29) is 23.5 Å². The van der Waals surface area contributed by atoms with Crippen molar-refractivity contribution in [3.8, 4) is 11.3 Å². The molecule has 0 fully saturated rings. The van der Waals surface area contributed by atoms with Crippen LogP contribution in [0.25, 0.3) is 11.3 Å². The van der Waals surface area contributed by atoms with Crippen LogP contribution in [0.15, 0.2) is 34.4 Å². The number of rotatable bonds is 5. The number of carboxylic acids is 1. The molecular weight excluding hydrogens is 284 g/mol. The molecule has 0 aliphatic carbocycles. The van der Waals surface area contributed by atoms with E-state index in [1.807, 2.05) is 0 Å². The number of nitrogens with zero attached hydrogens (tertiary/aromatic N) is 2. The van der Waals surface area contributed by atoms with Crippen LogP contribution < -0.4 is 4.87 Å². The zero-order chi connectivity index (χ0) is 14.7. The number of aromatic nitrogens is 1. The van der Waals surface area contributed by atoms with Gasteiger partial charge in [-0.15, -0.1) is 0 Å². The lowest BCUT2D eigenvalue weighted by atomic mass is 10.1. The summed E-state index contributed by atoms with van der Waals surface area (Å²) in [5, 5.41) is 21.0. The number of carboxylic acid groups (broad SMARTS) is 1. The van der Waals surface area contributed by atoms with Gasteiger partial charge in [0, 0.05) is 29.6 Å². The summed E-state index contributed by atoms with van der Waals surface area (Å²) >= 11 is 0.936. The second-order valence-corrected chi connectivity index (χ2v) is 4.81. The molecule has 0 unspecified atom stereocenters. The number of benzene rings is 1. The van der Waals surface area contributed by atoms with Crippen LogP contribution in [0.1, 0.15) is 6.42 Å². The molecular formula is C12H10N2O5S. The molecule has 1 aromatic carbocycles. The Bertz CT molecular complexity index is 719. The topological polar surface area (TPSA) is 102 Å². The molecule has 2 rings (SSSR count). The fourth-order valence-electron chi connectivity index (χ4n) is 1.75. The Hall–Kier alpha value is -2.48. The van der Waals surface area contributed by atoms with E-state index in [9.17, 15) is 19.7 Å². The summed E-state index contributed by atoms with van der Waals surface area (Å²) in [5.41, 5.74) is 0.929. The lowest BCUT2D eigenvalue weighted by Gasteiger charge is -2.06. The summed E-state index contributed by atoms with van der Waals surface area (Å²) in [4.78, 5) is 32.2. The van der Waals surface area contributed by atoms with Crippen molar-refractivity contribution in [2.45, 2.75) is 13.0 Å². The van der Waals surface area contributed by atoms with Crippen molar-refractivity contribution in [2.24, 2.45) is 0 Å². The number of aliphatic carboxylic acids is 1. The smallest absolute Gasteiger partial charge is 0.307 e. The largest absolute Gasteiger partial charge is 0.481 e. The van der Waals surface area contributed by atoms with Crippen molar-refractivity contribution in [3.63, 3.8) is 0 Å². The van der Waals surface area contributed by atoms with Gasteiger partial charge in [0.05, 0.1) is 17.0 Å². The average Bonchev–Trinajstić information content (AvgIpc) is 2.77. The normalized spacial score (nSPS) is 10.4. The third-order valence-electron chi connectivity index (χ3n) is 2.68. The number of hydrogen-bond donors (Lipinski definition) is 1. The Morgan fingerprint density at radius 2 is 2.20 bits per heavy atom. The third kappa shape index (κ3) is 2.91. The number of thiazole rings is 1. The predicted octanol–water partition coefficient (Wildman–Crippen LogP) is 1.96. The van der Waals surface area contributed by atoms with Crippen LogP contribution in [0, 0.1) is 10.1 Å². The molecule has 104 valence electrons. The van der Waals surface area contributed by atoms with Crippen molar-refractivity contribution in [2.75, 3.05) is 0 Å². The molecule has 1 N–H and O–H groups in total. The summed E-state index contributed by atoms with van der Waals surface area (Å²) in [7, 11) is 0. The maximum Gasteiger partial charge on any atom is 0.307 e. The van der Waals surface area contributed by atoms with Crippen molar-refractivity contribution in [3.05, 3.63) is 49.4 Å². The third-order valence-corrected chi connectivity index (χ3v) is 3.45. The standard InChI is InChI=1S/C12H10N2O5S/c15-11(16)4-5-13-10(7-20-12(13)17)8-2-1-3-9(6-8)14(18)19/h1-3,6-7H,4-5H2,(H,15,16). The summed E-state index contributed by atoms with van der Waals surface area (Å²) in [5.74, 6) is -1.01. The summed E-state index contributed by atoms with van der Waals surface area (Å²) < 4.78 is 1.32. The first-order valence-electron chi connectivity index (χ1n) is 5.64. The zero-order valence-corrected chi connectivity index (χ0v) is 11.0. The van der Waals surface area contributed by atoms with Gasteiger partial charge >= 0.3 is 10.8 Å². The van der Waals surface area contributed by atoms with Crippen molar-refractivity contribution in [1.82, 2.24) is 4.57 Å². The van der Waals surface area contributed by atoms with Crippen molar-refractivity contribution in [1.29, 1.82) is 0 Å². The van der Waals surface area contributed by atoms with Gasteiger partial charge in [-0.3, -0.25) is 24.3 Å². The minimum Gasteiger partial charge on any atom is -0.481 e. The van der Waals surface area contributed by atoms with Crippen LogP contribution in [0.5, 0.6) is 0 Å². The maximum absolute atomic E-state index is 11.7. The van der Waals surface area contributed by atoms with Crippen LogP contribution in [0.4, 0.5) is 5.69 Å². The van der Waals surface area contributed by atoms with Gasteiger partial charge in [-0.1, -0.05) is 23.5 Å². The maximum atomic E-state index is 11.7. The van der Waals surface area contributed by atoms with E-state index in [0.717, 1.165) is 11.3 Å². The zero-order valence-electron chi connectivity index (χ0n) is 10.2. The minimum atomic E-state index is -1.01. The first kappa shape index (κ1) is 13.9. The molecule has 0 bridgehead atoms. The second kappa shape index (κ2) is 5.66. The van der Waals surface area contributed by atoms with Crippen molar-refractivity contribution >= 4 is 23.0 Å². The van der Waals surface area contributed by atoms with E-state index >= 15 is 0 Å². The van der Waals surface area contributed by atoms with Crippen LogP contribution in [-0.4, -0.2) is 20.6 Å². The summed E-state index contributed by atoms with van der Waals surface area (Å²) in [6, 6.07) is 5.89. The molecule has 0 aliphatic heterocycles. The minimum absolute atomic E-state index is 0.0374. The van der Waals surface area contributed by atoms with Gasteiger partial charge < -0.3 is 5.11 Å². The highest BCUT2D eigenvalue weighted by molar-refractivity contribution is 7.07. The Balaban J connectivity index is 2.42. The van der Waals surface area contributed by atoms with Crippen LogP contribution in [-0.2, 0) is 11.3 Å².